The van der Waals surface area contributed by atoms with Gasteiger partial charge in [0.2, 0.25) is 5.91 Å². The number of aryl methyl sites for hydroxylation is 1. The summed E-state index contributed by atoms with van der Waals surface area (Å²) in [5, 5.41) is 6.73. The van der Waals surface area contributed by atoms with Gasteiger partial charge in [-0.2, -0.15) is 0 Å². The van der Waals surface area contributed by atoms with Crippen molar-refractivity contribution in [3.63, 3.8) is 0 Å². The molecule has 1 saturated heterocycles. The van der Waals surface area contributed by atoms with Crippen LogP contribution in [0.4, 0.5) is 11.4 Å². The average molecular weight is 408 g/mol. The highest BCUT2D eigenvalue weighted by Gasteiger charge is 2.21. The Morgan fingerprint density at radius 1 is 1.03 bits per heavy atom. The Balaban J connectivity index is 1.38. The van der Waals surface area contributed by atoms with E-state index in [9.17, 15) is 4.79 Å². The third-order valence-corrected chi connectivity index (χ3v) is 5.39. The Hall–Kier alpha value is -3.02. The number of nitrogens with one attached hydrogen (secondary N) is 2. The zero-order valence-corrected chi connectivity index (χ0v) is 18.3. The monoisotopic (exact) mass is 407 g/mol. The Bertz CT molecular complexity index is 843. The second kappa shape index (κ2) is 10.7. The summed E-state index contributed by atoms with van der Waals surface area (Å²) < 4.78 is 0. The average Bonchev–Trinajstić information content (AvgIpc) is 3.20. The van der Waals surface area contributed by atoms with E-state index in [1.54, 1.807) is 7.05 Å². The van der Waals surface area contributed by atoms with Gasteiger partial charge in [0, 0.05) is 58.6 Å². The third-order valence-electron chi connectivity index (χ3n) is 5.39. The number of aliphatic imine (C=N–C) groups is 1. The minimum atomic E-state index is 0.221. The van der Waals surface area contributed by atoms with Crippen LogP contribution in [0.3, 0.4) is 0 Å². The summed E-state index contributed by atoms with van der Waals surface area (Å²) in [4.78, 5) is 20.1. The summed E-state index contributed by atoms with van der Waals surface area (Å²) in [5.74, 6) is 1.02. The highest BCUT2D eigenvalue weighted by molar-refractivity contribution is 5.95. The van der Waals surface area contributed by atoms with Crippen molar-refractivity contribution in [1.29, 1.82) is 0 Å². The fraction of sp³-hybridized carbons (Fsp3) is 0.417. The first-order chi connectivity index (χ1) is 14.6. The van der Waals surface area contributed by atoms with Crippen LogP contribution in [0, 0.1) is 0 Å². The standard InChI is InChI=1S/C24H33N5O/c1-25-24(26-16-4-6-19-8-12-21(13-9-19)28(2)3)27-18-20-10-14-22(15-11-20)29-17-5-7-23(29)30/h8-15H,4-7,16-18H2,1-3H3,(H2,25,26,27). The van der Waals surface area contributed by atoms with Crippen LogP contribution < -0.4 is 20.4 Å². The third kappa shape index (κ3) is 5.99. The molecule has 1 amide bonds. The number of anilines is 2. The quantitative estimate of drug-likeness (QED) is 0.401. The smallest absolute Gasteiger partial charge is 0.227 e. The van der Waals surface area contributed by atoms with Crippen molar-refractivity contribution < 1.29 is 4.79 Å². The van der Waals surface area contributed by atoms with E-state index in [0.29, 0.717) is 13.0 Å². The molecule has 1 aliphatic heterocycles. The lowest BCUT2D eigenvalue weighted by Gasteiger charge is -2.16. The number of guanidine groups is 1. The summed E-state index contributed by atoms with van der Waals surface area (Å²) in [5.41, 5.74) is 4.72. The SMILES string of the molecule is CN=C(NCCCc1ccc(N(C)C)cc1)NCc1ccc(N2CCCC2=O)cc1. The molecule has 0 atom stereocenters. The van der Waals surface area contributed by atoms with E-state index in [-0.39, 0.29) is 5.91 Å². The van der Waals surface area contributed by atoms with Gasteiger partial charge in [-0.1, -0.05) is 24.3 Å². The van der Waals surface area contributed by atoms with Crippen LogP contribution in [0.2, 0.25) is 0 Å². The summed E-state index contributed by atoms with van der Waals surface area (Å²) in [6.45, 7) is 2.39. The molecule has 2 aromatic carbocycles. The predicted octanol–water partition coefficient (Wildman–Crippen LogP) is 3.18. The van der Waals surface area contributed by atoms with Crippen molar-refractivity contribution >= 4 is 23.2 Å². The van der Waals surface area contributed by atoms with Gasteiger partial charge in [-0.15, -0.1) is 0 Å². The molecule has 0 unspecified atom stereocenters. The molecule has 2 aromatic rings. The van der Waals surface area contributed by atoms with Gasteiger partial charge in [0.15, 0.2) is 5.96 Å². The first-order valence-electron chi connectivity index (χ1n) is 10.7. The molecule has 0 bridgehead atoms. The maximum atomic E-state index is 11.9. The lowest BCUT2D eigenvalue weighted by atomic mass is 10.1. The van der Waals surface area contributed by atoms with Crippen molar-refractivity contribution in [2.75, 3.05) is 44.0 Å². The van der Waals surface area contributed by atoms with Crippen molar-refractivity contribution in [2.24, 2.45) is 4.99 Å². The van der Waals surface area contributed by atoms with E-state index in [1.807, 2.05) is 17.0 Å². The Morgan fingerprint density at radius 3 is 2.33 bits per heavy atom. The number of nitrogens with zero attached hydrogens (tertiary/aromatic N) is 3. The number of benzene rings is 2. The predicted molar refractivity (Wildman–Crippen MR) is 125 cm³/mol. The molecule has 1 aliphatic rings. The maximum Gasteiger partial charge on any atom is 0.227 e. The molecule has 160 valence electrons. The van der Waals surface area contributed by atoms with Crippen molar-refractivity contribution in [1.82, 2.24) is 10.6 Å². The van der Waals surface area contributed by atoms with Crippen LogP contribution in [0.1, 0.15) is 30.4 Å². The number of rotatable bonds is 8. The highest BCUT2D eigenvalue weighted by atomic mass is 16.2. The maximum absolute atomic E-state index is 11.9. The fourth-order valence-electron chi connectivity index (χ4n) is 3.58. The molecule has 1 fully saturated rings. The fourth-order valence-corrected chi connectivity index (χ4v) is 3.58. The van der Waals surface area contributed by atoms with E-state index in [0.717, 1.165) is 49.6 Å². The molecule has 0 spiro atoms. The minimum Gasteiger partial charge on any atom is -0.378 e. The normalized spacial score (nSPS) is 14.2. The first kappa shape index (κ1) is 21.7. The van der Waals surface area contributed by atoms with Gasteiger partial charge in [-0.05, 0) is 54.7 Å². The molecule has 1 heterocycles. The molecule has 0 aromatic heterocycles. The van der Waals surface area contributed by atoms with E-state index in [4.69, 9.17) is 0 Å². The van der Waals surface area contributed by atoms with Gasteiger partial charge < -0.3 is 20.4 Å². The lowest BCUT2D eigenvalue weighted by molar-refractivity contribution is -0.117. The van der Waals surface area contributed by atoms with Gasteiger partial charge in [-0.25, -0.2) is 0 Å². The van der Waals surface area contributed by atoms with Crippen LogP contribution in [0.25, 0.3) is 0 Å². The summed E-state index contributed by atoms with van der Waals surface area (Å²) in [6.07, 6.45) is 3.69. The largest absolute Gasteiger partial charge is 0.378 e. The van der Waals surface area contributed by atoms with Crippen molar-refractivity contribution in [2.45, 2.75) is 32.2 Å². The van der Waals surface area contributed by atoms with E-state index >= 15 is 0 Å². The molecule has 0 radical (unpaired) electrons. The van der Waals surface area contributed by atoms with Gasteiger partial charge >= 0.3 is 0 Å². The van der Waals surface area contributed by atoms with Crippen LogP contribution in [-0.4, -0.2) is 46.1 Å². The van der Waals surface area contributed by atoms with Crippen molar-refractivity contribution in [3.8, 4) is 0 Å². The second-order valence-electron chi connectivity index (χ2n) is 7.83. The topological polar surface area (TPSA) is 60.0 Å². The zero-order chi connectivity index (χ0) is 21.3. The molecule has 3 rings (SSSR count). The molecule has 30 heavy (non-hydrogen) atoms. The van der Waals surface area contributed by atoms with Gasteiger partial charge in [0.25, 0.3) is 0 Å². The Kier molecular flexibility index (Phi) is 7.71. The van der Waals surface area contributed by atoms with Crippen LogP contribution in [-0.2, 0) is 17.8 Å². The molecule has 0 saturated carbocycles. The Labute approximate surface area is 180 Å². The molecule has 2 N–H and O–H groups in total. The second-order valence-corrected chi connectivity index (χ2v) is 7.83. The van der Waals surface area contributed by atoms with Gasteiger partial charge in [-0.3, -0.25) is 9.79 Å². The van der Waals surface area contributed by atoms with Gasteiger partial charge in [0.1, 0.15) is 0 Å². The number of hydrogen-bond donors (Lipinski definition) is 2. The molecular formula is C24H33N5O. The van der Waals surface area contributed by atoms with Crippen LogP contribution in [0.5, 0.6) is 0 Å². The minimum absolute atomic E-state index is 0.221. The first-order valence-corrected chi connectivity index (χ1v) is 10.7. The van der Waals surface area contributed by atoms with E-state index < -0.39 is 0 Å². The summed E-state index contributed by atoms with van der Waals surface area (Å²) in [6, 6.07) is 16.9. The number of amides is 1. The van der Waals surface area contributed by atoms with Crippen LogP contribution in [0.15, 0.2) is 53.5 Å². The van der Waals surface area contributed by atoms with Crippen molar-refractivity contribution in [3.05, 3.63) is 59.7 Å². The number of carbonyl (C=O) groups is 1. The summed E-state index contributed by atoms with van der Waals surface area (Å²) in [7, 11) is 5.90. The van der Waals surface area contributed by atoms with Gasteiger partial charge in [0.05, 0.1) is 0 Å². The molecule has 0 aliphatic carbocycles. The Morgan fingerprint density at radius 2 is 1.73 bits per heavy atom. The number of hydrogen-bond acceptors (Lipinski definition) is 3. The molecular weight excluding hydrogens is 374 g/mol. The van der Waals surface area contributed by atoms with E-state index in [1.165, 1.54) is 11.3 Å². The number of carbonyl (C=O) groups excluding carboxylic acids is 1. The molecule has 6 heteroatoms. The van der Waals surface area contributed by atoms with E-state index in [2.05, 4.69) is 71.0 Å². The molecule has 6 nitrogen and oxygen atoms in total. The highest BCUT2D eigenvalue weighted by Crippen LogP contribution is 2.21. The van der Waals surface area contributed by atoms with Crippen LogP contribution >= 0.6 is 0 Å². The zero-order valence-electron chi connectivity index (χ0n) is 18.3. The summed E-state index contributed by atoms with van der Waals surface area (Å²) >= 11 is 0. The lowest BCUT2D eigenvalue weighted by Crippen LogP contribution is -2.37.